The summed E-state index contributed by atoms with van der Waals surface area (Å²) < 4.78 is 41.4. The first-order valence-corrected chi connectivity index (χ1v) is 10.7. The van der Waals surface area contributed by atoms with Gasteiger partial charge in [0.15, 0.2) is 17.7 Å². The predicted molar refractivity (Wildman–Crippen MR) is 119 cm³/mol. The molecule has 4 atom stereocenters. The van der Waals surface area contributed by atoms with Gasteiger partial charge in [-0.2, -0.15) is 0 Å². The summed E-state index contributed by atoms with van der Waals surface area (Å²) in [4.78, 5) is 4.05. The monoisotopic (exact) mass is 470 g/mol. The van der Waals surface area contributed by atoms with Gasteiger partial charge < -0.3 is 29.4 Å². The lowest BCUT2D eigenvalue weighted by Gasteiger charge is -2.16. The van der Waals surface area contributed by atoms with E-state index in [9.17, 15) is 24.1 Å². The van der Waals surface area contributed by atoms with Crippen LogP contribution in [0.3, 0.4) is 0 Å². The number of halogens is 2. The summed E-state index contributed by atoms with van der Waals surface area (Å²) in [6, 6.07) is 7.89. The molecule has 9 heteroatoms. The Morgan fingerprint density at radius 2 is 1.91 bits per heavy atom. The second kappa shape index (κ2) is 10.3. The molecule has 4 unspecified atom stereocenters. The van der Waals surface area contributed by atoms with Crippen LogP contribution < -0.4 is 4.74 Å². The fourth-order valence-corrected chi connectivity index (χ4v) is 3.65. The van der Waals surface area contributed by atoms with Crippen molar-refractivity contribution in [3.05, 3.63) is 71.8 Å². The Labute approximate surface area is 195 Å². The lowest BCUT2D eigenvalue weighted by atomic mass is 10.0. The summed E-state index contributed by atoms with van der Waals surface area (Å²) in [7, 11) is 0. The van der Waals surface area contributed by atoms with Crippen LogP contribution in [0.15, 0.2) is 48.8 Å². The van der Waals surface area contributed by atoms with E-state index in [1.807, 2.05) is 0 Å². The third-order valence-electron chi connectivity index (χ3n) is 5.47. The average molecular weight is 470 g/mol. The van der Waals surface area contributed by atoms with Crippen molar-refractivity contribution < 1.29 is 33.6 Å². The summed E-state index contributed by atoms with van der Waals surface area (Å²) in [5, 5.41) is 29.3. The highest BCUT2D eigenvalue weighted by molar-refractivity contribution is 5.65. The largest absolute Gasteiger partial charge is 0.482 e. The highest BCUT2D eigenvalue weighted by atomic mass is 19.1. The van der Waals surface area contributed by atoms with Crippen LogP contribution in [-0.2, 0) is 4.74 Å². The summed E-state index contributed by atoms with van der Waals surface area (Å²) >= 11 is 0. The molecule has 0 amide bonds. The molecule has 1 aromatic heterocycles. The number of imidazole rings is 1. The number of aromatic nitrogens is 2. The van der Waals surface area contributed by atoms with Crippen molar-refractivity contribution in [2.75, 3.05) is 19.8 Å². The van der Waals surface area contributed by atoms with Crippen molar-refractivity contribution >= 4 is 0 Å². The van der Waals surface area contributed by atoms with Gasteiger partial charge in [-0.15, -0.1) is 0 Å². The molecule has 178 valence electrons. The van der Waals surface area contributed by atoms with Crippen molar-refractivity contribution in [1.29, 1.82) is 0 Å². The van der Waals surface area contributed by atoms with E-state index in [1.54, 1.807) is 25.3 Å². The van der Waals surface area contributed by atoms with Crippen molar-refractivity contribution in [3.8, 4) is 28.7 Å². The zero-order valence-electron chi connectivity index (χ0n) is 18.4. The van der Waals surface area contributed by atoms with Gasteiger partial charge in [0.1, 0.15) is 29.9 Å². The molecule has 1 fully saturated rings. The maximum absolute atomic E-state index is 14.7. The molecule has 0 bridgehead atoms. The molecule has 0 aliphatic carbocycles. The van der Waals surface area contributed by atoms with Crippen LogP contribution in [0.4, 0.5) is 8.78 Å². The molecule has 1 saturated heterocycles. The van der Waals surface area contributed by atoms with Gasteiger partial charge in [-0.3, -0.25) is 0 Å². The van der Waals surface area contributed by atoms with Crippen LogP contribution in [0.2, 0.25) is 0 Å². The number of hydrogen-bond donors (Lipinski definition) is 3. The zero-order chi connectivity index (χ0) is 24.2. The normalized spacial score (nSPS) is 19.4. The summed E-state index contributed by atoms with van der Waals surface area (Å²) in [5.41, 5.74) is 0.999. The number of aliphatic hydroxyl groups is 3. The van der Waals surface area contributed by atoms with E-state index in [1.165, 1.54) is 35.0 Å². The Morgan fingerprint density at radius 1 is 1.18 bits per heavy atom. The molecular weight excluding hydrogens is 446 g/mol. The van der Waals surface area contributed by atoms with Gasteiger partial charge in [-0.1, -0.05) is 24.0 Å². The number of benzene rings is 2. The van der Waals surface area contributed by atoms with E-state index in [4.69, 9.17) is 9.47 Å². The first kappa shape index (κ1) is 23.9. The molecule has 0 saturated carbocycles. The van der Waals surface area contributed by atoms with Crippen molar-refractivity contribution in [2.45, 2.75) is 31.3 Å². The van der Waals surface area contributed by atoms with Crippen LogP contribution >= 0.6 is 0 Å². The van der Waals surface area contributed by atoms with Gasteiger partial charge in [-0.25, -0.2) is 13.8 Å². The van der Waals surface area contributed by atoms with Gasteiger partial charge in [-0.05, 0) is 42.3 Å². The molecule has 3 N–H and O–H groups in total. The number of hydrogen-bond acceptors (Lipinski definition) is 6. The molecule has 3 aromatic rings. The fourth-order valence-electron chi connectivity index (χ4n) is 3.65. The second-order valence-electron chi connectivity index (χ2n) is 7.94. The van der Waals surface area contributed by atoms with Gasteiger partial charge in [0.05, 0.1) is 25.4 Å². The number of nitrogens with zero attached hydrogens (tertiary/aromatic N) is 2. The minimum absolute atomic E-state index is 0.0210. The molecular formula is C25H24F2N2O5. The Hall–Kier alpha value is -3.29. The third kappa shape index (κ3) is 5.11. The number of aliphatic hydroxyl groups excluding tert-OH is 3. The van der Waals surface area contributed by atoms with E-state index in [2.05, 4.69) is 16.8 Å². The minimum Gasteiger partial charge on any atom is -0.482 e. The quantitative estimate of drug-likeness (QED) is 0.480. The maximum atomic E-state index is 14.7. The smallest absolute Gasteiger partial charge is 0.165 e. The number of rotatable bonds is 6. The molecule has 4 rings (SSSR count). The van der Waals surface area contributed by atoms with Crippen molar-refractivity contribution in [2.24, 2.45) is 0 Å². The molecule has 0 radical (unpaired) electrons. The minimum atomic E-state index is -0.851. The zero-order valence-corrected chi connectivity index (χ0v) is 18.4. The standard InChI is InChI=1S/C25H24F2N2O5/c1-15(31)25-28-8-9-29(25)19(12-30)6-4-16-2-3-17(10-20(16)26)18-5-7-23(21(27)11-18)34-24-14-33-13-22(24)32/h2-3,5,7-11,15,19,22,24,30-32H,12-14H2,1H3. The lowest BCUT2D eigenvalue weighted by molar-refractivity contribution is 0.0708. The highest BCUT2D eigenvalue weighted by Gasteiger charge is 2.28. The van der Waals surface area contributed by atoms with Gasteiger partial charge in [0, 0.05) is 12.4 Å². The van der Waals surface area contributed by atoms with E-state index in [0.29, 0.717) is 17.0 Å². The van der Waals surface area contributed by atoms with Gasteiger partial charge >= 0.3 is 0 Å². The van der Waals surface area contributed by atoms with Crippen LogP contribution in [0, 0.1) is 23.5 Å². The second-order valence-corrected chi connectivity index (χ2v) is 7.94. The third-order valence-corrected chi connectivity index (χ3v) is 5.47. The SMILES string of the molecule is CC(O)c1nccn1C(C#Cc1ccc(-c2ccc(OC3COCC3O)c(F)c2)cc1F)CO. The van der Waals surface area contributed by atoms with Crippen LogP contribution in [0.25, 0.3) is 11.1 Å². The molecule has 34 heavy (non-hydrogen) atoms. The lowest BCUT2D eigenvalue weighted by Crippen LogP contribution is -2.30. The van der Waals surface area contributed by atoms with Crippen molar-refractivity contribution in [3.63, 3.8) is 0 Å². The Bertz CT molecular complexity index is 1220. The van der Waals surface area contributed by atoms with Crippen molar-refractivity contribution in [1.82, 2.24) is 9.55 Å². The van der Waals surface area contributed by atoms with Crippen LogP contribution in [0.1, 0.15) is 30.5 Å². The van der Waals surface area contributed by atoms with Crippen LogP contribution in [-0.4, -0.2) is 56.9 Å². The average Bonchev–Trinajstić information content (AvgIpc) is 3.46. The predicted octanol–water partition coefficient (Wildman–Crippen LogP) is 2.61. The topological polar surface area (TPSA) is 97.0 Å². The first-order valence-electron chi connectivity index (χ1n) is 10.7. The van der Waals surface area contributed by atoms with Gasteiger partial charge in [0.2, 0.25) is 0 Å². The van der Waals surface area contributed by atoms with E-state index < -0.39 is 36.0 Å². The van der Waals surface area contributed by atoms with E-state index in [0.717, 1.165) is 0 Å². The molecule has 1 aliphatic heterocycles. The van der Waals surface area contributed by atoms with Crippen LogP contribution in [0.5, 0.6) is 5.75 Å². The Morgan fingerprint density at radius 3 is 2.53 bits per heavy atom. The summed E-state index contributed by atoms with van der Waals surface area (Å²) in [5.74, 6) is 4.60. The molecule has 7 nitrogen and oxygen atoms in total. The highest BCUT2D eigenvalue weighted by Crippen LogP contribution is 2.28. The molecule has 0 spiro atoms. The fraction of sp³-hybridized carbons (Fsp3) is 0.320. The molecule has 2 aromatic carbocycles. The summed E-state index contributed by atoms with van der Waals surface area (Å²) in [6.07, 6.45) is 0.757. The molecule has 1 aliphatic rings. The van der Waals surface area contributed by atoms with E-state index in [-0.39, 0.29) is 31.1 Å². The maximum Gasteiger partial charge on any atom is 0.165 e. The van der Waals surface area contributed by atoms with E-state index >= 15 is 0 Å². The first-order chi connectivity index (χ1) is 16.4. The Balaban J connectivity index is 1.52. The molecule has 2 heterocycles. The number of ether oxygens (including phenoxy) is 2. The Kier molecular flexibility index (Phi) is 7.24. The summed E-state index contributed by atoms with van der Waals surface area (Å²) in [6.45, 7) is 1.52. The van der Waals surface area contributed by atoms with Gasteiger partial charge in [0.25, 0.3) is 0 Å².